The van der Waals surface area contributed by atoms with Gasteiger partial charge >= 0.3 is 6.18 Å². The smallest absolute Gasteiger partial charge is 0.368 e. The molecule has 0 atom stereocenters. The molecule has 0 bridgehead atoms. The Morgan fingerprint density at radius 3 is 2.45 bits per heavy atom. The van der Waals surface area contributed by atoms with Crippen LogP contribution < -0.4 is 10.2 Å². The minimum atomic E-state index is -4.60. The molecule has 0 spiro atoms. The van der Waals surface area contributed by atoms with E-state index < -0.39 is 28.3 Å². The van der Waals surface area contributed by atoms with Crippen LogP contribution in [-0.4, -0.2) is 54.7 Å². The molecule has 31 heavy (non-hydrogen) atoms. The fraction of sp³-hybridized carbons (Fsp3) is 0.286. The molecule has 162 valence electrons. The van der Waals surface area contributed by atoms with Gasteiger partial charge < -0.3 is 15.1 Å². The van der Waals surface area contributed by atoms with Gasteiger partial charge in [-0.25, -0.2) is 0 Å². The molecule has 1 N–H and O–H groups in total. The molecule has 0 radical (unpaired) electrons. The standard InChI is InChI=1S/C21H18ClF3N4O2/c1-28-7-9-29(10-8-28)15-5-4-12(11-14(15)21(23,24)25)27-18-16(22)20(31)17-13(19(18)30)3-2-6-26-17/h2-6,11,27H,7-10H2,1H3. The molecule has 1 aliphatic heterocycles. The molecule has 1 aliphatic carbocycles. The minimum absolute atomic E-state index is 0.00634. The lowest BCUT2D eigenvalue weighted by Crippen LogP contribution is -2.45. The number of Topliss-reactive ketones (excluding diaryl/α,β-unsaturated/α-hetero) is 2. The SMILES string of the molecule is CN1CCN(c2ccc(NC3=C(Cl)C(=O)c4ncccc4C3=O)cc2C(F)(F)F)CC1. The minimum Gasteiger partial charge on any atom is -0.368 e. The van der Waals surface area contributed by atoms with Gasteiger partial charge in [0.05, 0.1) is 11.1 Å². The Hall–Kier alpha value is -2.91. The topological polar surface area (TPSA) is 65.5 Å². The van der Waals surface area contributed by atoms with Crippen molar-refractivity contribution in [2.24, 2.45) is 0 Å². The van der Waals surface area contributed by atoms with Crippen LogP contribution in [0.1, 0.15) is 26.4 Å². The van der Waals surface area contributed by atoms with Gasteiger partial charge in [0, 0.05) is 43.8 Å². The molecular formula is C21H18ClF3N4O2. The maximum atomic E-state index is 13.8. The fourth-order valence-electron chi connectivity index (χ4n) is 3.64. The molecule has 4 rings (SSSR count). The summed E-state index contributed by atoms with van der Waals surface area (Å²) >= 11 is 6.07. The number of allylic oxidation sites excluding steroid dienone is 2. The number of rotatable bonds is 3. The molecule has 1 aromatic carbocycles. The van der Waals surface area contributed by atoms with Crippen LogP contribution in [0.2, 0.25) is 0 Å². The summed E-state index contributed by atoms with van der Waals surface area (Å²) in [6, 6.07) is 6.66. The van der Waals surface area contributed by atoms with Gasteiger partial charge in [-0.15, -0.1) is 0 Å². The highest BCUT2D eigenvalue weighted by Crippen LogP contribution is 2.39. The number of alkyl halides is 3. The molecule has 2 aliphatic rings. The summed E-state index contributed by atoms with van der Waals surface area (Å²) in [7, 11) is 1.92. The molecule has 1 aromatic heterocycles. The van der Waals surface area contributed by atoms with E-state index in [1.165, 1.54) is 30.5 Å². The van der Waals surface area contributed by atoms with Crippen molar-refractivity contribution in [3.8, 4) is 0 Å². The summed E-state index contributed by atoms with van der Waals surface area (Å²) in [6.45, 7) is 2.26. The van der Waals surface area contributed by atoms with Crippen molar-refractivity contribution in [2.75, 3.05) is 43.4 Å². The van der Waals surface area contributed by atoms with Gasteiger partial charge in [0.15, 0.2) is 0 Å². The van der Waals surface area contributed by atoms with Crippen LogP contribution in [0.15, 0.2) is 47.3 Å². The second-order valence-corrected chi connectivity index (χ2v) is 7.77. The maximum Gasteiger partial charge on any atom is 0.418 e. The average molecular weight is 451 g/mol. The number of nitrogens with zero attached hydrogens (tertiary/aromatic N) is 3. The Morgan fingerprint density at radius 2 is 1.77 bits per heavy atom. The Morgan fingerprint density at radius 1 is 1.06 bits per heavy atom. The van der Waals surface area contributed by atoms with E-state index in [0.29, 0.717) is 26.2 Å². The first-order chi connectivity index (χ1) is 14.7. The highest BCUT2D eigenvalue weighted by molar-refractivity contribution is 6.50. The van der Waals surface area contributed by atoms with E-state index in [2.05, 4.69) is 10.3 Å². The molecule has 1 fully saturated rings. The van der Waals surface area contributed by atoms with Gasteiger partial charge in [-0.2, -0.15) is 13.2 Å². The number of benzene rings is 1. The monoisotopic (exact) mass is 450 g/mol. The molecule has 0 amide bonds. The van der Waals surface area contributed by atoms with Crippen molar-refractivity contribution in [2.45, 2.75) is 6.18 Å². The number of likely N-dealkylation sites (N-methyl/N-ethyl adjacent to an activating group) is 1. The van der Waals surface area contributed by atoms with E-state index in [1.807, 2.05) is 11.9 Å². The van der Waals surface area contributed by atoms with Crippen LogP contribution in [0.3, 0.4) is 0 Å². The van der Waals surface area contributed by atoms with Crippen LogP contribution in [0.5, 0.6) is 0 Å². The summed E-state index contributed by atoms with van der Waals surface area (Å²) in [6.07, 6.45) is -3.24. The maximum absolute atomic E-state index is 13.8. The van der Waals surface area contributed by atoms with Crippen LogP contribution in [0, 0.1) is 0 Å². The second kappa shape index (κ2) is 7.97. The van der Waals surface area contributed by atoms with Crippen molar-refractivity contribution in [1.29, 1.82) is 0 Å². The summed E-state index contributed by atoms with van der Waals surface area (Å²) in [5, 5.41) is 2.21. The van der Waals surface area contributed by atoms with Gasteiger partial charge in [0.25, 0.3) is 0 Å². The third kappa shape index (κ3) is 4.03. The number of pyridine rings is 1. The molecule has 0 saturated carbocycles. The Labute approximate surface area is 181 Å². The molecular weight excluding hydrogens is 433 g/mol. The van der Waals surface area contributed by atoms with E-state index in [9.17, 15) is 22.8 Å². The number of fused-ring (bicyclic) bond motifs is 1. The van der Waals surface area contributed by atoms with E-state index in [-0.39, 0.29) is 28.3 Å². The number of aromatic nitrogens is 1. The fourth-order valence-corrected chi connectivity index (χ4v) is 3.86. The van der Waals surface area contributed by atoms with Crippen LogP contribution in [0.25, 0.3) is 0 Å². The number of piperazine rings is 1. The van der Waals surface area contributed by atoms with E-state index in [4.69, 9.17) is 11.6 Å². The lowest BCUT2D eigenvalue weighted by atomic mass is 9.96. The second-order valence-electron chi connectivity index (χ2n) is 7.39. The molecule has 1 saturated heterocycles. The van der Waals surface area contributed by atoms with Gasteiger partial charge in [-0.3, -0.25) is 14.6 Å². The quantitative estimate of drug-likeness (QED) is 0.767. The summed E-state index contributed by atoms with van der Waals surface area (Å²) in [5.74, 6) is -1.27. The largest absolute Gasteiger partial charge is 0.418 e. The third-order valence-corrected chi connectivity index (χ3v) is 5.69. The molecule has 0 unspecified atom stereocenters. The van der Waals surface area contributed by atoms with Gasteiger partial charge in [-0.05, 0) is 37.4 Å². The Balaban J connectivity index is 1.69. The first kappa shape index (κ1) is 21.3. The summed E-state index contributed by atoms with van der Waals surface area (Å²) in [4.78, 5) is 32.8. The lowest BCUT2D eigenvalue weighted by molar-refractivity contribution is -0.137. The molecule has 2 aromatic rings. The number of ketones is 2. The number of hydrogen-bond donors (Lipinski definition) is 1. The Kier molecular flexibility index (Phi) is 5.49. The number of anilines is 2. The van der Waals surface area contributed by atoms with E-state index in [0.717, 1.165) is 6.07 Å². The van der Waals surface area contributed by atoms with Gasteiger partial charge in [0.2, 0.25) is 11.6 Å². The van der Waals surface area contributed by atoms with Crippen molar-refractivity contribution < 1.29 is 22.8 Å². The number of carbonyl (C=O) groups excluding carboxylic acids is 2. The molecule has 6 nitrogen and oxygen atoms in total. The van der Waals surface area contributed by atoms with Crippen LogP contribution in [0.4, 0.5) is 24.5 Å². The first-order valence-corrected chi connectivity index (χ1v) is 9.90. The molecule has 10 heteroatoms. The highest BCUT2D eigenvalue weighted by atomic mass is 35.5. The number of halogens is 4. The first-order valence-electron chi connectivity index (χ1n) is 9.53. The van der Waals surface area contributed by atoms with Crippen LogP contribution in [-0.2, 0) is 6.18 Å². The number of carbonyl (C=O) groups is 2. The summed E-state index contributed by atoms with van der Waals surface area (Å²) in [5.41, 5.74) is -1.05. The zero-order valence-corrected chi connectivity index (χ0v) is 17.2. The highest BCUT2D eigenvalue weighted by Gasteiger charge is 2.37. The average Bonchev–Trinajstić information content (AvgIpc) is 2.75. The van der Waals surface area contributed by atoms with E-state index >= 15 is 0 Å². The number of hydrogen-bond acceptors (Lipinski definition) is 6. The van der Waals surface area contributed by atoms with Gasteiger partial charge in [0.1, 0.15) is 16.4 Å². The van der Waals surface area contributed by atoms with Crippen molar-refractivity contribution in [3.05, 3.63) is 64.1 Å². The molecule has 2 heterocycles. The van der Waals surface area contributed by atoms with Crippen molar-refractivity contribution in [3.63, 3.8) is 0 Å². The van der Waals surface area contributed by atoms with E-state index in [1.54, 1.807) is 4.90 Å². The zero-order chi connectivity index (χ0) is 22.3. The van der Waals surface area contributed by atoms with Crippen molar-refractivity contribution >= 4 is 34.5 Å². The lowest BCUT2D eigenvalue weighted by Gasteiger charge is -2.35. The normalized spacial score (nSPS) is 17.8. The van der Waals surface area contributed by atoms with Crippen LogP contribution >= 0.6 is 11.6 Å². The zero-order valence-electron chi connectivity index (χ0n) is 16.5. The Bertz CT molecular complexity index is 1090. The summed E-state index contributed by atoms with van der Waals surface area (Å²) < 4.78 is 41.5. The third-order valence-electron chi connectivity index (χ3n) is 5.33. The predicted molar refractivity (Wildman–Crippen MR) is 111 cm³/mol. The number of nitrogens with one attached hydrogen (secondary N) is 1. The van der Waals surface area contributed by atoms with Gasteiger partial charge in [-0.1, -0.05) is 11.6 Å². The van der Waals surface area contributed by atoms with Crippen molar-refractivity contribution in [1.82, 2.24) is 9.88 Å². The predicted octanol–water partition coefficient (Wildman–Crippen LogP) is 3.79.